The van der Waals surface area contributed by atoms with E-state index in [-0.39, 0.29) is 11.4 Å². The molecule has 0 unspecified atom stereocenters. The predicted octanol–water partition coefficient (Wildman–Crippen LogP) is 1.60. The Morgan fingerprint density at radius 2 is 2.05 bits per heavy atom. The van der Waals surface area contributed by atoms with Crippen LogP contribution in [0.5, 0.6) is 0 Å². The Labute approximate surface area is 124 Å². The van der Waals surface area contributed by atoms with Gasteiger partial charge in [-0.05, 0) is 36.1 Å². The second-order valence-corrected chi connectivity index (χ2v) is 6.46. The van der Waals surface area contributed by atoms with Crippen LogP contribution in [0.4, 0.5) is 5.69 Å². The fourth-order valence-corrected chi connectivity index (χ4v) is 3.56. The van der Waals surface area contributed by atoms with Crippen LogP contribution in [0, 0.1) is 0 Å². The van der Waals surface area contributed by atoms with Gasteiger partial charge >= 0.3 is 0 Å². The zero-order valence-corrected chi connectivity index (χ0v) is 13.0. The van der Waals surface area contributed by atoms with Gasteiger partial charge in [-0.2, -0.15) is 0 Å². The minimum atomic E-state index is -3.62. The molecule has 0 amide bonds. The van der Waals surface area contributed by atoms with Gasteiger partial charge < -0.3 is 10.7 Å². The Kier molecular flexibility index (Phi) is 4.64. The number of sulfonamides is 1. The molecule has 1 heterocycles. The molecule has 0 aliphatic carbocycles. The van der Waals surface area contributed by atoms with E-state index in [0.717, 1.165) is 12.0 Å². The number of benzene rings is 1. The molecule has 0 radical (unpaired) electrons. The molecular weight excluding hydrogens is 288 g/mol. The Hall–Kier alpha value is -1.86. The van der Waals surface area contributed by atoms with Gasteiger partial charge in [0.25, 0.3) is 0 Å². The van der Waals surface area contributed by atoms with Gasteiger partial charge in [0.05, 0.1) is 11.4 Å². The van der Waals surface area contributed by atoms with Gasteiger partial charge in [0.2, 0.25) is 10.0 Å². The van der Waals surface area contributed by atoms with Gasteiger partial charge in [-0.3, -0.25) is 0 Å². The van der Waals surface area contributed by atoms with Crippen molar-refractivity contribution in [2.75, 3.05) is 5.73 Å². The standard InChI is InChI=1S/C14H20N4O2S/c1-3-10-7-12(15)11(4-2)13(8-10)21(19,20)18-9-14-16-5-6-17-14/h5-8,18H,3-4,9,15H2,1-2H3,(H,16,17). The summed E-state index contributed by atoms with van der Waals surface area (Å²) in [5.41, 5.74) is 8.07. The number of aryl methyl sites for hydroxylation is 1. The third kappa shape index (κ3) is 3.43. The van der Waals surface area contributed by atoms with Crippen LogP contribution in [0.1, 0.15) is 30.8 Å². The molecule has 0 fully saturated rings. The smallest absolute Gasteiger partial charge is 0.241 e. The SMILES string of the molecule is CCc1cc(N)c(CC)c(S(=O)(=O)NCc2ncc[nH]2)c1. The van der Waals surface area contributed by atoms with Crippen molar-refractivity contribution in [3.63, 3.8) is 0 Å². The van der Waals surface area contributed by atoms with Crippen LogP contribution in [-0.4, -0.2) is 18.4 Å². The van der Waals surface area contributed by atoms with Crippen molar-refractivity contribution in [3.05, 3.63) is 41.5 Å². The number of aromatic nitrogens is 2. The predicted molar refractivity (Wildman–Crippen MR) is 82.2 cm³/mol. The van der Waals surface area contributed by atoms with E-state index in [0.29, 0.717) is 23.5 Å². The molecule has 4 N–H and O–H groups in total. The van der Waals surface area contributed by atoms with E-state index in [2.05, 4.69) is 14.7 Å². The molecule has 2 rings (SSSR count). The maximum Gasteiger partial charge on any atom is 0.241 e. The van der Waals surface area contributed by atoms with Crippen molar-refractivity contribution >= 4 is 15.7 Å². The van der Waals surface area contributed by atoms with Gasteiger partial charge in [-0.25, -0.2) is 18.1 Å². The summed E-state index contributed by atoms with van der Waals surface area (Å²) >= 11 is 0. The fraction of sp³-hybridized carbons (Fsp3) is 0.357. The minimum absolute atomic E-state index is 0.120. The van der Waals surface area contributed by atoms with Crippen LogP contribution in [0.2, 0.25) is 0 Å². The summed E-state index contributed by atoms with van der Waals surface area (Å²) in [6, 6.07) is 3.53. The van der Waals surface area contributed by atoms with E-state index < -0.39 is 10.0 Å². The number of nitrogen functional groups attached to an aromatic ring is 1. The highest BCUT2D eigenvalue weighted by Gasteiger charge is 2.20. The molecule has 7 heteroatoms. The fourth-order valence-electron chi connectivity index (χ4n) is 2.18. The molecule has 0 aliphatic heterocycles. The third-order valence-corrected chi connectivity index (χ3v) is 4.81. The topological polar surface area (TPSA) is 101 Å². The highest BCUT2D eigenvalue weighted by molar-refractivity contribution is 7.89. The van der Waals surface area contributed by atoms with Crippen LogP contribution in [0.15, 0.2) is 29.4 Å². The van der Waals surface area contributed by atoms with Crippen molar-refractivity contribution in [1.29, 1.82) is 0 Å². The minimum Gasteiger partial charge on any atom is -0.398 e. The molecule has 0 saturated carbocycles. The maximum absolute atomic E-state index is 12.5. The summed E-state index contributed by atoms with van der Waals surface area (Å²) < 4.78 is 27.6. The first-order chi connectivity index (χ1) is 9.97. The average Bonchev–Trinajstić information content (AvgIpc) is 2.97. The number of nitrogens with zero attached hydrogens (tertiary/aromatic N) is 1. The summed E-state index contributed by atoms with van der Waals surface area (Å²) in [4.78, 5) is 7.12. The zero-order valence-electron chi connectivity index (χ0n) is 12.2. The number of rotatable bonds is 6. The number of nitrogens with two attached hydrogens (primary N) is 1. The first-order valence-electron chi connectivity index (χ1n) is 6.87. The van der Waals surface area contributed by atoms with E-state index in [4.69, 9.17) is 5.73 Å². The van der Waals surface area contributed by atoms with Gasteiger partial charge in [0.15, 0.2) is 0 Å². The van der Waals surface area contributed by atoms with Crippen LogP contribution in [0.3, 0.4) is 0 Å². The lowest BCUT2D eigenvalue weighted by Crippen LogP contribution is -2.25. The molecule has 0 spiro atoms. The van der Waals surface area contributed by atoms with Gasteiger partial charge in [-0.1, -0.05) is 13.8 Å². The molecule has 1 aromatic carbocycles. The molecule has 1 aromatic heterocycles. The first kappa shape index (κ1) is 15.5. The summed E-state index contributed by atoms with van der Waals surface area (Å²) in [6.07, 6.45) is 4.52. The van der Waals surface area contributed by atoms with Crippen LogP contribution in [-0.2, 0) is 29.4 Å². The van der Waals surface area contributed by atoms with E-state index in [1.807, 2.05) is 19.9 Å². The first-order valence-corrected chi connectivity index (χ1v) is 8.35. The summed E-state index contributed by atoms with van der Waals surface area (Å²) in [6.45, 7) is 3.98. The van der Waals surface area contributed by atoms with Gasteiger partial charge in [0.1, 0.15) is 5.82 Å². The van der Waals surface area contributed by atoms with Crippen molar-refractivity contribution in [2.24, 2.45) is 0 Å². The lowest BCUT2D eigenvalue weighted by molar-refractivity contribution is 0.578. The summed E-state index contributed by atoms with van der Waals surface area (Å²) in [7, 11) is -3.62. The number of aromatic amines is 1. The second-order valence-electron chi connectivity index (χ2n) is 4.73. The molecule has 0 saturated heterocycles. The van der Waals surface area contributed by atoms with Crippen molar-refractivity contribution in [2.45, 2.75) is 38.1 Å². The Balaban J connectivity index is 2.36. The molecule has 6 nitrogen and oxygen atoms in total. The number of anilines is 1. The van der Waals surface area contributed by atoms with E-state index in [9.17, 15) is 8.42 Å². The molecular formula is C14H20N4O2S. The van der Waals surface area contributed by atoms with E-state index in [1.165, 1.54) is 0 Å². The average molecular weight is 308 g/mol. The van der Waals surface area contributed by atoms with Crippen LogP contribution < -0.4 is 10.5 Å². The normalized spacial score (nSPS) is 11.7. The molecule has 2 aromatic rings. The maximum atomic E-state index is 12.5. The second kappa shape index (κ2) is 6.28. The third-order valence-electron chi connectivity index (χ3n) is 3.34. The number of H-pyrrole nitrogens is 1. The number of hydrogen-bond donors (Lipinski definition) is 3. The summed E-state index contributed by atoms with van der Waals surface area (Å²) in [5.74, 6) is 0.566. The monoisotopic (exact) mass is 308 g/mol. The van der Waals surface area contributed by atoms with Crippen molar-refractivity contribution in [3.8, 4) is 0 Å². The largest absolute Gasteiger partial charge is 0.398 e. The highest BCUT2D eigenvalue weighted by Crippen LogP contribution is 2.25. The molecule has 21 heavy (non-hydrogen) atoms. The number of hydrogen-bond acceptors (Lipinski definition) is 4. The van der Waals surface area contributed by atoms with Crippen molar-refractivity contribution in [1.82, 2.24) is 14.7 Å². The Morgan fingerprint density at radius 3 is 2.62 bits per heavy atom. The number of imidazole rings is 1. The molecule has 114 valence electrons. The quantitative estimate of drug-likeness (QED) is 0.705. The highest BCUT2D eigenvalue weighted by atomic mass is 32.2. The Bertz CT molecular complexity index is 709. The van der Waals surface area contributed by atoms with Crippen molar-refractivity contribution < 1.29 is 8.42 Å². The summed E-state index contributed by atoms with van der Waals surface area (Å²) in [5, 5.41) is 0. The zero-order chi connectivity index (χ0) is 15.5. The number of nitrogens with one attached hydrogen (secondary N) is 2. The molecule has 0 bridgehead atoms. The molecule has 0 aliphatic rings. The van der Waals surface area contributed by atoms with E-state index >= 15 is 0 Å². The van der Waals surface area contributed by atoms with E-state index in [1.54, 1.807) is 18.5 Å². The molecule has 0 atom stereocenters. The van der Waals surface area contributed by atoms with Crippen LogP contribution in [0.25, 0.3) is 0 Å². The lowest BCUT2D eigenvalue weighted by atomic mass is 10.1. The lowest BCUT2D eigenvalue weighted by Gasteiger charge is -2.14. The van der Waals surface area contributed by atoms with Gasteiger partial charge in [-0.15, -0.1) is 0 Å². The van der Waals surface area contributed by atoms with Gasteiger partial charge in [0, 0.05) is 18.1 Å². The Morgan fingerprint density at radius 1 is 1.29 bits per heavy atom. The van der Waals surface area contributed by atoms with Crippen LogP contribution >= 0.6 is 0 Å².